The average Bonchev–Trinajstić information content (AvgIpc) is 2.30. The number of nitrogens with one attached hydrogen (secondary N) is 1. The molecule has 6 heteroatoms. The number of hydrogen-bond acceptors (Lipinski definition) is 4. The molecule has 1 rings (SSSR count). The fourth-order valence-electron chi connectivity index (χ4n) is 2.04. The fraction of sp³-hybridized carbons (Fsp3) is 1.00. The molecule has 1 fully saturated rings. The lowest BCUT2D eigenvalue weighted by atomic mass is 10.0. The molecule has 102 valence electrons. The third-order valence-electron chi connectivity index (χ3n) is 3.20. The zero-order valence-electron chi connectivity index (χ0n) is 10.8. The van der Waals surface area contributed by atoms with Crippen LogP contribution < -0.4 is 5.32 Å². The smallest absolute Gasteiger partial charge is 0.214 e. The SMILES string of the molecule is COCCCN(C)S(=O)(=O)CC1CCNCC1. The molecule has 5 nitrogen and oxygen atoms in total. The van der Waals surface area contributed by atoms with Gasteiger partial charge >= 0.3 is 0 Å². The molecule has 0 spiro atoms. The number of piperidine rings is 1. The summed E-state index contributed by atoms with van der Waals surface area (Å²) in [5, 5.41) is 3.25. The summed E-state index contributed by atoms with van der Waals surface area (Å²) in [6.07, 6.45) is 2.68. The predicted octanol–water partition coefficient (Wildman–Crippen LogP) is 0.284. The molecule has 1 aliphatic heterocycles. The lowest BCUT2D eigenvalue weighted by Crippen LogP contribution is -2.37. The summed E-state index contributed by atoms with van der Waals surface area (Å²) in [7, 11) is 0.197. The Balaban J connectivity index is 2.37. The van der Waals surface area contributed by atoms with Crippen molar-refractivity contribution in [3.05, 3.63) is 0 Å². The Morgan fingerprint density at radius 1 is 1.35 bits per heavy atom. The van der Waals surface area contributed by atoms with Gasteiger partial charge in [-0.15, -0.1) is 0 Å². The van der Waals surface area contributed by atoms with E-state index in [1.807, 2.05) is 0 Å². The van der Waals surface area contributed by atoms with Crippen molar-refractivity contribution in [2.45, 2.75) is 19.3 Å². The Morgan fingerprint density at radius 3 is 2.59 bits per heavy atom. The monoisotopic (exact) mass is 264 g/mol. The van der Waals surface area contributed by atoms with Gasteiger partial charge in [-0.2, -0.15) is 0 Å². The van der Waals surface area contributed by atoms with Gasteiger partial charge in [0.1, 0.15) is 0 Å². The van der Waals surface area contributed by atoms with Gasteiger partial charge in [0.2, 0.25) is 10.0 Å². The van der Waals surface area contributed by atoms with E-state index >= 15 is 0 Å². The third-order valence-corrected chi connectivity index (χ3v) is 5.23. The molecule has 17 heavy (non-hydrogen) atoms. The van der Waals surface area contributed by atoms with Crippen molar-refractivity contribution in [2.24, 2.45) is 5.92 Å². The zero-order chi connectivity index (χ0) is 12.7. The molecule has 0 saturated carbocycles. The van der Waals surface area contributed by atoms with Gasteiger partial charge in [0.05, 0.1) is 5.75 Å². The maximum absolute atomic E-state index is 12.1. The van der Waals surface area contributed by atoms with E-state index in [2.05, 4.69) is 5.32 Å². The maximum atomic E-state index is 12.1. The minimum atomic E-state index is -3.09. The second kappa shape index (κ2) is 7.31. The van der Waals surface area contributed by atoms with Crippen LogP contribution in [0, 0.1) is 5.92 Å². The minimum Gasteiger partial charge on any atom is -0.385 e. The number of nitrogens with zero attached hydrogens (tertiary/aromatic N) is 1. The van der Waals surface area contributed by atoms with Crippen LogP contribution in [0.2, 0.25) is 0 Å². The van der Waals surface area contributed by atoms with Gasteiger partial charge in [-0.05, 0) is 38.3 Å². The van der Waals surface area contributed by atoms with Crippen molar-refractivity contribution in [2.75, 3.05) is 46.2 Å². The van der Waals surface area contributed by atoms with Crippen molar-refractivity contribution in [1.29, 1.82) is 0 Å². The first kappa shape index (κ1) is 14.9. The summed E-state index contributed by atoms with van der Waals surface area (Å²) in [5.41, 5.74) is 0. The Hall–Kier alpha value is -0.170. The molecule has 0 aliphatic carbocycles. The standard InChI is InChI=1S/C11H24N2O3S/c1-13(8-3-9-16-2)17(14,15)10-11-4-6-12-7-5-11/h11-12H,3-10H2,1-2H3. The van der Waals surface area contributed by atoms with E-state index in [0.717, 1.165) is 32.4 Å². The second-order valence-electron chi connectivity index (χ2n) is 4.64. The average molecular weight is 264 g/mol. The first-order valence-electron chi connectivity index (χ1n) is 6.20. The third kappa shape index (κ3) is 5.33. The molecule has 0 aromatic heterocycles. The van der Waals surface area contributed by atoms with Gasteiger partial charge in [0, 0.05) is 27.3 Å². The Labute approximate surface area is 105 Å². The zero-order valence-corrected chi connectivity index (χ0v) is 11.6. The van der Waals surface area contributed by atoms with Gasteiger partial charge in [-0.1, -0.05) is 0 Å². The first-order valence-corrected chi connectivity index (χ1v) is 7.81. The topological polar surface area (TPSA) is 58.6 Å². The van der Waals surface area contributed by atoms with Gasteiger partial charge in [-0.3, -0.25) is 0 Å². The lowest BCUT2D eigenvalue weighted by molar-refractivity contribution is 0.189. The number of rotatable bonds is 7. The first-order chi connectivity index (χ1) is 8.06. The summed E-state index contributed by atoms with van der Waals surface area (Å²) in [4.78, 5) is 0. The summed E-state index contributed by atoms with van der Waals surface area (Å²) >= 11 is 0. The molecular formula is C11H24N2O3S. The second-order valence-corrected chi connectivity index (χ2v) is 6.76. The fourth-order valence-corrected chi connectivity index (χ4v) is 3.63. The van der Waals surface area contributed by atoms with E-state index in [0.29, 0.717) is 19.1 Å². The van der Waals surface area contributed by atoms with Crippen LogP contribution >= 0.6 is 0 Å². The van der Waals surface area contributed by atoms with Gasteiger partial charge < -0.3 is 10.1 Å². The van der Waals surface area contributed by atoms with Crippen LogP contribution in [0.4, 0.5) is 0 Å². The maximum Gasteiger partial charge on any atom is 0.214 e. The highest BCUT2D eigenvalue weighted by molar-refractivity contribution is 7.89. The Bertz CT molecular complexity index is 300. The van der Waals surface area contributed by atoms with Crippen molar-refractivity contribution in [1.82, 2.24) is 9.62 Å². The Kier molecular flexibility index (Phi) is 6.40. The molecule has 0 aromatic carbocycles. The minimum absolute atomic E-state index is 0.290. The number of hydrogen-bond donors (Lipinski definition) is 1. The van der Waals surface area contributed by atoms with Crippen molar-refractivity contribution in [3.8, 4) is 0 Å². The molecule has 1 saturated heterocycles. The highest BCUT2D eigenvalue weighted by Gasteiger charge is 2.24. The van der Waals surface area contributed by atoms with Crippen LogP contribution in [0.25, 0.3) is 0 Å². The molecule has 0 atom stereocenters. The molecule has 0 aromatic rings. The quantitative estimate of drug-likeness (QED) is 0.671. The molecule has 0 unspecified atom stereocenters. The number of methoxy groups -OCH3 is 1. The number of sulfonamides is 1. The molecule has 1 heterocycles. The highest BCUT2D eigenvalue weighted by Crippen LogP contribution is 2.16. The van der Waals surface area contributed by atoms with Crippen LogP contribution in [-0.2, 0) is 14.8 Å². The highest BCUT2D eigenvalue weighted by atomic mass is 32.2. The van der Waals surface area contributed by atoms with E-state index < -0.39 is 10.0 Å². The van der Waals surface area contributed by atoms with Gasteiger partial charge in [-0.25, -0.2) is 12.7 Å². The summed E-state index contributed by atoms with van der Waals surface area (Å²) in [6, 6.07) is 0. The molecule has 0 bridgehead atoms. The summed E-state index contributed by atoms with van der Waals surface area (Å²) < 4.78 is 30.5. The largest absolute Gasteiger partial charge is 0.385 e. The lowest BCUT2D eigenvalue weighted by Gasteiger charge is -2.25. The molecule has 0 amide bonds. The Morgan fingerprint density at radius 2 is 2.00 bits per heavy atom. The molecular weight excluding hydrogens is 240 g/mol. The van der Waals surface area contributed by atoms with E-state index in [-0.39, 0.29) is 5.75 Å². The van der Waals surface area contributed by atoms with Gasteiger partial charge in [0.25, 0.3) is 0 Å². The number of ether oxygens (including phenoxy) is 1. The van der Waals surface area contributed by atoms with Crippen LogP contribution in [0.3, 0.4) is 0 Å². The normalized spacial score (nSPS) is 18.8. The predicted molar refractivity (Wildman–Crippen MR) is 68.5 cm³/mol. The molecule has 1 N–H and O–H groups in total. The van der Waals surface area contributed by atoms with Crippen molar-refractivity contribution >= 4 is 10.0 Å². The van der Waals surface area contributed by atoms with Crippen molar-refractivity contribution in [3.63, 3.8) is 0 Å². The van der Waals surface area contributed by atoms with Crippen LogP contribution in [0.1, 0.15) is 19.3 Å². The van der Waals surface area contributed by atoms with E-state index in [9.17, 15) is 8.42 Å². The molecule has 1 aliphatic rings. The van der Waals surface area contributed by atoms with E-state index in [1.165, 1.54) is 4.31 Å². The van der Waals surface area contributed by atoms with Crippen LogP contribution in [0.15, 0.2) is 0 Å². The van der Waals surface area contributed by atoms with E-state index in [1.54, 1.807) is 14.2 Å². The van der Waals surface area contributed by atoms with E-state index in [4.69, 9.17) is 4.74 Å². The summed E-state index contributed by atoms with van der Waals surface area (Å²) in [6.45, 7) is 3.02. The molecule has 0 radical (unpaired) electrons. The summed E-state index contributed by atoms with van der Waals surface area (Å²) in [5.74, 6) is 0.601. The van der Waals surface area contributed by atoms with Crippen LogP contribution in [-0.4, -0.2) is 58.9 Å². The van der Waals surface area contributed by atoms with Crippen LogP contribution in [0.5, 0.6) is 0 Å². The van der Waals surface area contributed by atoms with Gasteiger partial charge in [0.15, 0.2) is 0 Å². The van der Waals surface area contributed by atoms with Crippen molar-refractivity contribution < 1.29 is 13.2 Å².